The maximum absolute atomic E-state index is 11.8. The smallest absolute Gasteiger partial charge is 0.330 e. The van der Waals surface area contributed by atoms with Crippen molar-refractivity contribution in [1.29, 1.82) is 0 Å². The van der Waals surface area contributed by atoms with Crippen molar-refractivity contribution in [2.45, 2.75) is 64.4 Å². The average Bonchev–Trinajstić information content (AvgIpc) is 2.48. The van der Waals surface area contributed by atoms with Crippen molar-refractivity contribution >= 4 is 23.7 Å². The van der Waals surface area contributed by atoms with E-state index in [-0.39, 0.29) is 19.3 Å². The molecule has 134 valence electrons. The minimum Gasteiger partial charge on any atom is -0.460 e. The van der Waals surface area contributed by atoms with Crippen molar-refractivity contribution < 1.29 is 38.5 Å². The molecular formula is C16H22O8. The van der Waals surface area contributed by atoms with E-state index in [2.05, 4.69) is 0 Å². The van der Waals surface area contributed by atoms with Crippen molar-refractivity contribution in [3.05, 3.63) is 12.2 Å². The van der Waals surface area contributed by atoms with Crippen LogP contribution in [0.4, 0.5) is 0 Å². The van der Waals surface area contributed by atoms with Gasteiger partial charge in [0.2, 0.25) is 0 Å². The van der Waals surface area contributed by atoms with E-state index in [9.17, 15) is 24.3 Å². The second-order valence-corrected chi connectivity index (χ2v) is 5.59. The van der Waals surface area contributed by atoms with Gasteiger partial charge in [-0.3, -0.25) is 14.4 Å². The molecule has 0 aliphatic carbocycles. The Bertz CT molecular complexity index is 524. The number of cyclic esters (lactones) is 3. The molecular weight excluding hydrogens is 320 g/mol. The topological polar surface area (TPSA) is 116 Å². The molecule has 24 heavy (non-hydrogen) atoms. The number of hydrogen-bond acceptors (Lipinski definition) is 8. The average molecular weight is 342 g/mol. The SMILES string of the molecule is C[C@@H]1CC(=O)O[C@@H](C)C(=O)CCC(=O)O[C@@H](C)[C@H](O)/C=C/C(=O)O1. The van der Waals surface area contributed by atoms with Gasteiger partial charge >= 0.3 is 17.9 Å². The van der Waals surface area contributed by atoms with Gasteiger partial charge in [0.1, 0.15) is 18.3 Å². The molecule has 1 N–H and O–H groups in total. The van der Waals surface area contributed by atoms with E-state index in [0.29, 0.717) is 0 Å². The summed E-state index contributed by atoms with van der Waals surface area (Å²) in [6.07, 6.45) is -2.28. The number of ketones is 1. The highest BCUT2D eigenvalue weighted by Crippen LogP contribution is 2.09. The summed E-state index contributed by atoms with van der Waals surface area (Å²) in [5.74, 6) is -2.55. The predicted octanol–water partition coefficient (Wildman–Crippen LogP) is 0.452. The number of Topliss-reactive ketones (excluding diaryl/α,β-unsaturated/α-hetero) is 1. The second kappa shape index (κ2) is 9.17. The van der Waals surface area contributed by atoms with Crippen LogP contribution in [-0.4, -0.2) is 53.2 Å². The van der Waals surface area contributed by atoms with Crippen LogP contribution in [-0.2, 0) is 33.4 Å². The Kier molecular flexibility index (Phi) is 7.57. The molecule has 0 aromatic carbocycles. The monoisotopic (exact) mass is 342 g/mol. The number of ether oxygens (including phenoxy) is 3. The van der Waals surface area contributed by atoms with Crippen molar-refractivity contribution in [2.75, 3.05) is 0 Å². The molecule has 8 nitrogen and oxygen atoms in total. The van der Waals surface area contributed by atoms with Crippen molar-refractivity contribution in [3.8, 4) is 0 Å². The zero-order chi connectivity index (χ0) is 18.3. The Hall–Kier alpha value is -2.22. The lowest BCUT2D eigenvalue weighted by molar-refractivity contribution is -0.159. The molecule has 1 rings (SSSR count). The number of carbonyl (C=O) groups excluding carboxylic acids is 4. The molecule has 0 aromatic heterocycles. The van der Waals surface area contributed by atoms with E-state index in [1.54, 1.807) is 0 Å². The lowest BCUT2D eigenvalue weighted by atomic mass is 10.1. The van der Waals surface area contributed by atoms with Crippen LogP contribution in [0, 0.1) is 0 Å². The molecule has 0 unspecified atom stereocenters. The number of rotatable bonds is 0. The van der Waals surface area contributed by atoms with Crippen LogP contribution in [0.1, 0.15) is 40.0 Å². The number of aliphatic hydroxyl groups is 1. The zero-order valence-electron chi connectivity index (χ0n) is 13.9. The van der Waals surface area contributed by atoms with E-state index >= 15 is 0 Å². The van der Waals surface area contributed by atoms with Crippen LogP contribution in [0.25, 0.3) is 0 Å². The summed E-state index contributed by atoms with van der Waals surface area (Å²) in [7, 11) is 0. The lowest BCUT2D eigenvalue weighted by Crippen LogP contribution is -2.30. The molecule has 0 aromatic rings. The molecule has 0 bridgehead atoms. The van der Waals surface area contributed by atoms with Crippen molar-refractivity contribution in [1.82, 2.24) is 0 Å². The molecule has 0 spiro atoms. The minimum atomic E-state index is -1.20. The molecule has 0 radical (unpaired) electrons. The number of hydrogen-bond donors (Lipinski definition) is 1. The van der Waals surface area contributed by atoms with E-state index < -0.39 is 48.1 Å². The van der Waals surface area contributed by atoms with Crippen LogP contribution >= 0.6 is 0 Å². The van der Waals surface area contributed by atoms with Gasteiger partial charge in [-0.25, -0.2) is 4.79 Å². The third-order valence-corrected chi connectivity index (χ3v) is 3.34. The van der Waals surface area contributed by atoms with Gasteiger partial charge in [0.05, 0.1) is 12.8 Å². The maximum Gasteiger partial charge on any atom is 0.330 e. The number of carbonyl (C=O) groups is 4. The molecule has 4 atom stereocenters. The van der Waals surface area contributed by atoms with Gasteiger partial charge < -0.3 is 19.3 Å². The van der Waals surface area contributed by atoms with E-state index in [1.807, 2.05) is 0 Å². The first kappa shape index (κ1) is 19.8. The van der Waals surface area contributed by atoms with Gasteiger partial charge in [-0.15, -0.1) is 0 Å². The van der Waals surface area contributed by atoms with E-state index in [4.69, 9.17) is 14.2 Å². The van der Waals surface area contributed by atoms with Gasteiger partial charge in [-0.1, -0.05) is 0 Å². The normalized spacial score (nSPS) is 32.5. The first-order valence-electron chi connectivity index (χ1n) is 7.67. The Labute approximate surface area is 139 Å². The molecule has 0 amide bonds. The fourth-order valence-corrected chi connectivity index (χ4v) is 1.92. The summed E-state index contributed by atoms with van der Waals surface area (Å²) >= 11 is 0. The highest BCUT2D eigenvalue weighted by atomic mass is 16.6. The summed E-state index contributed by atoms with van der Waals surface area (Å²) in [5, 5.41) is 9.81. The highest BCUT2D eigenvalue weighted by molar-refractivity contribution is 5.88. The summed E-state index contributed by atoms with van der Waals surface area (Å²) in [6, 6.07) is 0. The van der Waals surface area contributed by atoms with Crippen molar-refractivity contribution in [3.63, 3.8) is 0 Å². The largest absolute Gasteiger partial charge is 0.460 e. The van der Waals surface area contributed by atoms with Gasteiger partial charge in [0.15, 0.2) is 11.9 Å². The van der Waals surface area contributed by atoms with Crippen molar-refractivity contribution in [2.24, 2.45) is 0 Å². The fourth-order valence-electron chi connectivity index (χ4n) is 1.92. The minimum absolute atomic E-state index is 0.142. The third-order valence-electron chi connectivity index (χ3n) is 3.34. The Morgan fingerprint density at radius 1 is 0.958 bits per heavy atom. The molecule has 1 heterocycles. The van der Waals surface area contributed by atoms with E-state index in [1.165, 1.54) is 20.8 Å². The second-order valence-electron chi connectivity index (χ2n) is 5.59. The Balaban J connectivity index is 2.85. The molecule has 0 saturated heterocycles. The Morgan fingerprint density at radius 3 is 2.29 bits per heavy atom. The summed E-state index contributed by atoms with van der Waals surface area (Å²) in [4.78, 5) is 46.8. The molecule has 1 aliphatic heterocycles. The summed E-state index contributed by atoms with van der Waals surface area (Å²) in [5.41, 5.74) is 0. The quantitative estimate of drug-likeness (QED) is 0.498. The van der Waals surface area contributed by atoms with Crippen LogP contribution < -0.4 is 0 Å². The molecule has 0 saturated carbocycles. The van der Waals surface area contributed by atoms with Crippen LogP contribution in [0.5, 0.6) is 0 Å². The highest BCUT2D eigenvalue weighted by Gasteiger charge is 2.23. The first-order chi connectivity index (χ1) is 11.2. The van der Waals surface area contributed by atoms with E-state index in [0.717, 1.165) is 12.2 Å². The zero-order valence-corrected chi connectivity index (χ0v) is 13.9. The molecule has 1 aliphatic rings. The molecule has 8 heteroatoms. The summed E-state index contributed by atoms with van der Waals surface area (Å²) < 4.78 is 14.9. The van der Waals surface area contributed by atoms with Gasteiger partial charge in [0, 0.05) is 12.5 Å². The Morgan fingerprint density at radius 2 is 1.62 bits per heavy atom. The van der Waals surface area contributed by atoms with Gasteiger partial charge in [-0.2, -0.15) is 0 Å². The summed E-state index contributed by atoms with van der Waals surface area (Å²) in [6.45, 7) is 4.36. The first-order valence-corrected chi connectivity index (χ1v) is 7.67. The standard InChI is InChI=1S/C16H22O8/c1-9-8-16(21)24-11(3)13(18)5-7-15(20)23-10(2)12(17)4-6-14(19)22-9/h4,6,9-12,17H,5,7-8H2,1-3H3/b6-4+/t9-,10+,11+,12-/m1/s1. The maximum atomic E-state index is 11.8. The van der Waals surface area contributed by atoms with Gasteiger partial charge in [0.25, 0.3) is 0 Å². The lowest BCUT2D eigenvalue weighted by Gasteiger charge is -2.18. The fraction of sp³-hybridized carbons (Fsp3) is 0.625. The van der Waals surface area contributed by atoms with Crippen LogP contribution in [0.15, 0.2) is 12.2 Å². The number of aliphatic hydroxyl groups excluding tert-OH is 1. The van der Waals surface area contributed by atoms with Gasteiger partial charge in [-0.05, 0) is 26.8 Å². The molecule has 0 fully saturated rings. The predicted molar refractivity (Wildman–Crippen MR) is 80.7 cm³/mol. The number of esters is 3. The van der Waals surface area contributed by atoms with Crippen LogP contribution in [0.3, 0.4) is 0 Å². The van der Waals surface area contributed by atoms with Crippen LogP contribution in [0.2, 0.25) is 0 Å². The third kappa shape index (κ3) is 6.91.